The van der Waals surface area contributed by atoms with E-state index in [1.807, 2.05) is 0 Å². The standard InChI is InChI=1S/C33H69O4P.2K/c1-2-3-4-5-6-7-8-9-10-11-12-13-14-15-16-17-18-19-20-21-22-23-24-25-26-27-28-29-30-31-32-33-37-38(34,35)36;;/h2-33H2,1H3,(H2,34,35,36);;/q;2*+1/p-2. The van der Waals surface area contributed by atoms with Crippen molar-refractivity contribution >= 4 is 7.82 Å². The summed E-state index contributed by atoms with van der Waals surface area (Å²) >= 11 is 0. The van der Waals surface area contributed by atoms with Crippen molar-refractivity contribution in [3.8, 4) is 0 Å². The maximum atomic E-state index is 10.3. The van der Waals surface area contributed by atoms with Gasteiger partial charge < -0.3 is 18.9 Å². The molecule has 0 aromatic carbocycles. The van der Waals surface area contributed by atoms with Crippen molar-refractivity contribution in [2.75, 3.05) is 6.61 Å². The first-order valence-electron chi connectivity index (χ1n) is 17.2. The van der Waals surface area contributed by atoms with Gasteiger partial charge in [-0.05, 0) is 6.42 Å². The Hall–Kier alpha value is 3.38. The van der Waals surface area contributed by atoms with E-state index in [1.54, 1.807) is 0 Å². The first-order valence-corrected chi connectivity index (χ1v) is 18.7. The monoisotopic (exact) mass is 636 g/mol. The molecule has 0 N–H and O–H groups in total. The van der Waals surface area contributed by atoms with Crippen LogP contribution in [0.15, 0.2) is 0 Å². The van der Waals surface area contributed by atoms with Crippen LogP contribution in [0.4, 0.5) is 0 Å². The van der Waals surface area contributed by atoms with Gasteiger partial charge in [-0.3, -0.25) is 0 Å². The Kier molecular flexibility index (Phi) is 48.3. The van der Waals surface area contributed by atoms with E-state index in [0.717, 1.165) is 12.8 Å². The molecule has 0 saturated carbocycles. The van der Waals surface area contributed by atoms with E-state index in [-0.39, 0.29) is 109 Å². The van der Waals surface area contributed by atoms with Gasteiger partial charge >= 0.3 is 103 Å². The fourth-order valence-electron chi connectivity index (χ4n) is 5.48. The second-order valence-electron chi connectivity index (χ2n) is 11.9. The molecule has 0 atom stereocenters. The first-order chi connectivity index (χ1) is 18.6. The number of hydrogen-bond acceptors (Lipinski definition) is 4. The number of phosphoric ester groups is 1. The van der Waals surface area contributed by atoms with Crippen molar-refractivity contribution in [1.82, 2.24) is 0 Å². The van der Waals surface area contributed by atoms with E-state index in [0.29, 0.717) is 6.42 Å². The van der Waals surface area contributed by atoms with Crippen LogP contribution in [0.25, 0.3) is 0 Å². The molecule has 40 heavy (non-hydrogen) atoms. The van der Waals surface area contributed by atoms with Crippen LogP contribution in [0.5, 0.6) is 0 Å². The second kappa shape index (κ2) is 40.4. The maximum Gasteiger partial charge on any atom is 1.00 e. The van der Waals surface area contributed by atoms with Crippen LogP contribution >= 0.6 is 7.82 Å². The Morgan fingerprint density at radius 2 is 0.550 bits per heavy atom. The third-order valence-electron chi connectivity index (χ3n) is 8.00. The molecule has 7 heteroatoms. The third-order valence-corrected chi connectivity index (χ3v) is 8.50. The van der Waals surface area contributed by atoms with E-state index >= 15 is 0 Å². The molecule has 0 amide bonds. The van der Waals surface area contributed by atoms with Crippen molar-refractivity contribution in [3.63, 3.8) is 0 Å². The van der Waals surface area contributed by atoms with Gasteiger partial charge in [0, 0.05) is 0 Å². The Morgan fingerprint density at radius 3 is 0.725 bits per heavy atom. The van der Waals surface area contributed by atoms with Crippen LogP contribution in [0.1, 0.15) is 206 Å². The van der Waals surface area contributed by atoms with E-state index < -0.39 is 7.82 Å². The van der Waals surface area contributed by atoms with Crippen LogP contribution < -0.4 is 113 Å². The molecule has 0 spiro atoms. The molecule has 0 aromatic rings. The van der Waals surface area contributed by atoms with Gasteiger partial charge in [-0.2, -0.15) is 0 Å². The molecular formula is C33H67K2O4P. The van der Waals surface area contributed by atoms with Crippen molar-refractivity contribution in [3.05, 3.63) is 0 Å². The van der Waals surface area contributed by atoms with Crippen LogP contribution in [0.2, 0.25) is 0 Å². The van der Waals surface area contributed by atoms with Crippen LogP contribution in [-0.2, 0) is 9.09 Å². The Balaban J connectivity index is -0.00000684. The first kappa shape index (κ1) is 47.8. The average Bonchev–Trinajstić information content (AvgIpc) is 2.88. The summed E-state index contributed by atoms with van der Waals surface area (Å²) in [6.45, 7) is 2.34. The topological polar surface area (TPSA) is 72.4 Å². The second-order valence-corrected chi connectivity index (χ2v) is 13.0. The quantitative estimate of drug-likeness (QED) is 0.0581. The molecule has 0 aliphatic rings. The molecule has 230 valence electrons. The number of hydrogen-bond donors (Lipinski definition) is 0. The van der Waals surface area contributed by atoms with E-state index in [1.165, 1.54) is 180 Å². The van der Waals surface area contributed by atoms with E-state index in [4.69, 9.17) is 0 Å². The predicted molar refractivity (Wildman–Crippen MR) is 162 cm³/mol. The summed E-state index contributed by atoms with van der Waals surface area (Å²) in [6, 6.07) is 0. The summed E-state index contributed by atoms with van der Waals surface area (Å²) in [7, 11) is -4.77. The van der Waals surface area contributed by atoms with Gasteiger partial charge in [-0.1, -0.05) is 200 Å². The smallest absolute Gasteiger partial charge is 0.790 e. The third kappa shape index (κ3) is 45.8. The minimum absolute atomic E-state index is 0. The van der Waals surface area contributed by atoms with Crippen molar-refractivity contribution in [2.45, 2.75) is 206 Å². The molecule has 0 aliphatic carbocycles. The molecule has 0 aliphatic heterocycles. The fraction of sp³-hybridized carbons (Fsp3) is 1.00. The molecular weight excluding hydrogens is 570 g/mol. The Morgan fingerprint density at radius 1 is 0.375 bits per heavy atom. The minimum atomic E-state index is -4.77. The molecule has 0 aromatic heterocycles. The predicted octanol–water partition coefficient (Wildman–Crippen LogP) is 4.95. The molecule has 0 radical (unpaired) electrons. The Bertz CT molecular complexity index is 491. The molecule has 0 saturated heterocycles. The van der Waals surface area contributed by atoms with Gasteiger partial charge in [-0.25, -0.2) is 0 Å². The largest absolute Gasteiger partial charge is 1.00 e. The summed E-state index contributed by atoms with van der Waals surface area (Å²) in [5.41, 5.74) is 0. The van der Waals surface area contributed by atoms with Gasteiger partial charge in [0.2, 0.25) is 0 Å². The summed E-state index contributed by atoms with van der Waals surface area (Å²) in [4.78, 5) is 20.7. The summed E-state index contributed by atoms with van der Waals surface area (Å²) in [5, 5.41) is 0. The summed E-state index contributed by atoms with van der Waals surface area (Å²) in [5.74, 6) is 0. The van der Waals surface area contributed by atoms with Crippen LogP contribution in [0.3, 0.4) is 0 Å². The average molecular weight is 637 g/mol. The normalized spacial score (nSPS) is 11.4. The van der Waals surface area contributed by atoms with Crippen LogP contribution in [-0.4, -0.2) is 6.61 Å². The molecule has 0 bridgehead atoms. The number of phosphoric acid groups is 1. The zero-order valence-electron chi connectivity index (χ0n) is 27.7. The van der Waals surface area contributed by atoms with Crippen molar-refractivity contribution < 1.29 is 122 Å². The number of unbranched alkanes of at least 4 members (excludes halogenated alkanes) is 30. The fourth-order valence-corrected chi connectivity index (χ4v) is 5.83. The van der Waals surface area contributed by atoms with Crippen LogP contribution in [0, 0.1) is 0 Å². The van der Waals surface area contributed by atoms with Gasteiger partial charge in [0.05, 0.1) is 14.4 Å². The molecule has 0 unspecified atom stereocenters. The Labute approximate surface area is 337 Å². The van der Waals surface area contributed by atoms with Crippen molar-refractivity contribution in [2.24, 2.45) is 0 Å². The maximum absolute atomic E-state index is 10.3. The SMILES string of the molecule is CCCCCCCCCCCCCCCCCCCCCCCCCCCCCCCCCOP(=O)([O-])[O-].[K+].[K+]. The number of rotatable bonds is 33. The van der Waals surface area contributed by atoms with Crippen molar-refractivity contribution in [1.29, 1.82) is 0 Å². The molecule has 0 rings (SSSR count). The van der Waals surface area contributed by atoms with E-state index in [2.05, 4.69) is 11.4 Å². The minimum Gasteiger partial charge on any atom is -0.790 e. The molecule has 0 fully saturated rings. The summed E-state index contributed by atoms with van der Waals surface area (Å²) < 4.78 is 14.6. The zero-order valence-corrected chi connectivity index (χ0v) is 34.8. The van der Waals surface area contributed by atoms with E-state index in [9.17, 15) is 14.4 Å². The van der Waals surface area contributed by atoms with Gasteiger partial charge in [0.25, 0.3) is 0 Å². The summed E-state index contributed by atoms with van der Waals surface area (Å²) in [6.07, 6.45) is 42.5. The van der Waals surface area contributed by atoms with Gasteiger partial charge in [0.15, 0.2) is 0 Å². The molecule has 0 heterocycles. The van der Waals surface area contributed by atoms with Gasteiger partial charge in [-0.15, -0.1) is 0 Å². The zero-order chi connectivity index (χ0) is 27.8. The van der Waals surface area contributed by atoms with Gasteiger partial charge in [0.1, 0.15) is 0 Å². The molecule has 4 nitrogen and oxygen atoms in total.